The first kappa shape index (κ1) is 17.7. The molecule has 0 fully saturated rings. The van der Waals surface area contributed by atoms with Gasteiger partial charge in [0.2, 0.25) is 0 Å². The summed E-state index contributed by atoms with van der Waals surface area (Å²) in [6, 6.07) is 4.34. The van der Waals surface area contributed by atoms with E-state index in [1.165, 1.54) is 6.04 Å². The van der Waals surface area contributed by atoms with Gasteiger partial charge >= 0.3 is 0 Å². The zero-order valence-electron chi connectivity index (χ0n) is 12.8. The molecule has 0 amide bonds. The molecule has 0 unspecified atom stereocenters. The van der Waals surface area contributed by atoms with Crippen LogP contribution < -0.4 is 10.2 Å². The third-order valence-electron chi connectivity index (χ3n) is 3.29. The van der Waals surface area contributed by atoms with E-state index in [-0.39, 0.29) is 21.1 Å². The van der Waals surface area contributed by atoms with Gasteiger partial charge in [-0.15, -0.1) is 0 Å². The van der Waals surface area contributed by atoms with E-state index in [1.54, 1.807) is 6.20 Å². The first-order chi connectivity index (χ1) is 8.97. The van der Waals surface area contributed by atoms with Crippen molar-refractivity contribution in [3.05, 3.63) is 17.8 Å². The molecule has 2 heterocycles. The fraction of sp³-hybridized carbons (Fsp3) is 0.643. The Kier molecular flexibility index (Phi) is 6.69. The fourth-order valence-corrected chi connectivity index (χ4v) is 2.80. The van der Waals surface area contributed by atoms with Gasteiger partial charge in [-0.1, -0.05) is 38.4 Å². The van der Waals surface area contributed by atoms with Crippen LogP contribution in [0.1, 0.15) is 5.56 Å². The molecule has 112 valence electrons. The smallest absolute Gasteiger partial charge is 0.119 e. The molecule has 1 N–H and O–H groups in total. The summed E-state index contributed by atoms with van der Waals surface area (Å²) < 4.78 is 5.83. The van der Waals surface area contributed by atoms with Crippen LogP contribution in [0.15, 0.2) is 6.20 Å². The average molecular weight is 462 g/mol. The van der Waals surface area contributed by atoms with E-state index >= 15 is 0 Å². The van der Waals surface area contributed by atoms with Crippen molar-refractivity contribution in [3.63, 3.8) is 0 Å². The van der Waals surface area contributed by atoms with E-state index in [9.17, 15) is 0 Å². The van der Waals surface area contributed by atoms with Gasteiger partial charge in [0.1, 0.15) is 6.73 Å². The van der Waals surface area contributed by atoms with E-state index in [0.29, 0.717) is 6.73 Å². The molecule has 1 aromatic heterocycles. The summed E-state index contributed by atoms with van der Waals surface area (Å²) in [5, 5.41) is 3.39. The van der Waals surface area contributed by atoms with Crippen LogP contribution in [0, 0.1) is 13.0 Å². The molecule has 0 aliphatic carbocycles. The van der Waals surface area contributed by atoms with Crippen molar-refractivity contribution in [3.8, 4) is 0 Å². The van der Waals surface area contributed by atoms with E-state index in [4.69, 9.17) is 4.74 Å². The average Bonchev–Trinajstić information content (AvgIpc) is 2.34. The van der Waals surface area contributed by atoms with Gasteiger partial charge in [-0.25, -0.2) is 6.07 Å². The minimum absolute atomic E-state index is 0. The fourth-order valence-electron chi connectivity index (χ4n) is 2.05. The number of hydrogen-bond acceptors (Lipinski definition) is 4. The van der Waals surface area contributed by atoms with Crippen LogP contribution in [-0.4, -0.2) is 39.5 Å². The standard InChI is InChI=1S/C14H24N3OSi.W/c1-12-5-6-16-14-13(12)15-7-8-17(14)11-18-9-10-19(2,3)4;/h6,15H,7-11H2,1-4H3;/q-1;. The molecule has 0 bridgehead atoms. The summed E-state index contributed by atoms with van der Waals surface area (Å²) >= 11 is 0. The molecular formula is C14H24N3OSiW-. The zero-order chi connectivity index (χ0) is 13.9. The third kappa shape index (κ3) is 4.87. The minimum Gasteiger partial charge on any atom is -0.457 e. The molecule has 4 nitrogen and oxygen atoms in total. The summed E-state index contributed by atoms with van der Waals surface area (Å²) in [7, 11) is -1.00. The van der Waals surface area contributed by atoms with Crippen LogP contribution in [0.3, 0.4) is 0 Å². The van der Waals surface area contributed by atoms with Gasteiger partial charge in [0, 0.05) is 48.8 Å². The Morgan fingerprint density at radius 3 is 2.90 bits per heavy atom. The predicted octanol–water partition coefficient (Wildman–Crippen LogP) is 2.73. The Labute approximate surface area is 137 Å². The Hall–Kier alpha value is -0.385. The number of fused-ring (bicyclic) bond motifs is 1. The van der Waals surface area contributed by atoms with E-state index in [1.807, 2.05) is 0 Å². The Morgan fingerprint density at radius 1 is 1.45 bits per heavy atom. The molecule has 0 aromatic carbocycles. The van der Waals surface area contributed by atoms with Crippen molar-refractivity contribution >= 4 is 19.6 Å². The van der Waals surface area contributed by atoms with Crippen LogP contribution >= 0.6 is 0 Å². The number of nitrogens with one attached hydrogen (secondary N) is 1. The van der Waals surface area contributed by atoms with E-state index < -0.39 is 8.07 Å². The van der Waals surface area contributed by atoms with Crippen molar-refractivity contribution in [2.45, 2.75) is 32.6 Å². The van der Waals surface area contributed by atoms with Crippen molar-refractivity contribution in [1.29, 1.82) is 0 Å². The van der Waals surface area contributed by atoms with Gasteiger partial charge < -0.3 is 15.0 Å². The minimum atomic E-state index is -1.00. The molecule has 0 atom stereocenters. The number of anilines is 2. The van der Waals surface area contributed by atoms with Crippen LogP contribution in [0.5, 0.6) is 0 Å². The van der Waals surface area contributed by atoms with Gasteiger partial charge in [0.15, 0.2) is 0 Å². The Morgan fingerprint density at radius 2 is 2.20 bits per heavy atom. The SMILES string of the molecule is Cc1[c-]cnc2c1NCCN2COCC[Si](C)(C)C.[W]. The van der Waals surface area contributed by atoms with Crippen LogP contribution in [0.4, 0.5) is 11.5 Å². The molecular weight excluding hydrogens is 438 g/mol. The van der Waals surface area contributed by atoms with Crippen molar-refractivity contribution in [1.82, 2.24) is 4.98 Å². The number of aryl methyl sites for hydroxylation is 1. The van der Waals surface area contributed by atoms with Gasteiger partial charge in [-0.05, 0) is 6.04 Å². The first-order valence-electron chi connectivity index (χ1n) is 6.91. The maximum atomic E-state index is 5.83. The topological polar surface area (TPSA) is 37.4 Å². The van der Waals surface area contributed by atoms with Gasteiger partial charge in [-0.2, -0.15) is 5.56 Å². The van der Waals surface area contributed by atoms with Gasteiger partial charge in [-0.3, -0.25) is 4.98 Å². The quantitative estimate of drug-likeness (QED) is 0.415. The van der Waals surface area contributed by atoms with Crippen molar-refractivity contribution in [2.24, 2.45) is 0 Å². The molecule has 2 rings (SSSR count). The number of ether oxygens (including phenoxy) is 1. The molecule has 0 saturated heterocycles. The number of rotatable bonds is 5. The monoisotopic (exact) mass is 462 g/mol. The van der Waals surface area contributed by atoms with Gasteiger partial charge in [0.05, 0.1) is 5.82 Å². The molecule has 1 aliphatic rings. The Bertz CT molecular complexity index is 437. The van der Waals surface area contributed by atoms with Crippen LogP contribution in [0.25, 0.3) is 0 Å². The predicted molar refractivity (Wildman–Crippen MR) is 82.6 cm³/mol. The number of hydrogen-bond donors (Lipinski definition) is 1. The number of nitrogens with zero attached hydrogens (tertiary/aromatic N) is 2. The molecule has 1 aliphatic heterocycles. The molecule has 6 heteroatoms. The Balaban J connectivity index is 0.00000200. The first-order valence-corrected chi connectivity index (χ1v) is 10.6. The summed E-state index contributed by atoms with van der Waals surface area (Å²) in [6.45, 7) is 12.5. The van der Waals surface area contributed by atoms with E-state index in [2.05, 4.69) is 47.8 Å². The summed E-state index contributed by atoms with van der Waals surface area (Å²) in [5.41, 5.74) is 2.22. The zero-order valence-corrected chi connectivity index (χ0v) is 16.8. The third-order valence-corrected chi connectivity index (χ3v) is 5.00. The van der Waals surface area contributed by atoms with E-state index in [0.717, 1.165) is 36.8 Å². The molecule has 0 saturated carbocycles. The summed E-state index contributed by atoms with van der Waals surface area (Å²) in [6.07, 6.45) is 1.75. The van der Waals surface area contributed by atoms with Crippen molar-refractivity contribution < 1.29 is 25.8 Å². The summed E-state index contributed by atoms with van der Waals surface area (Å²) in [4.78, 5) is 6.63. The van der Waals surface area contributed by atoms with Crippen LogP contribution in [-0.2, 0) is 25.8 Å². The molecule has 0 radical (unpaired) electrons. The summed E-state index contributed by atoms with van der Waals surface area (Å²) in [5.74, 6) is 0.996. The molecule has 20 heavy (non-hydrogen) atoms. The van der Waals surface area contributed by atoms with Crippen LogP contribution in [0.2, 0.25) is 25.7 Å². The number of aromatic nitrogens is 1. The second-order valence-electron chi connectivity index (χ2n) is 6.26. The molecule has 1 aromatic rings. The second kappa shape index (κ2) is 7.57. The maximum absolute atomic E-state index is 5.83. The normalized spacial score (nSPS) is 14.3. The maximum Gasteiger partial charge on any atom is 0.119 e. The largest absolute Gasteiger partial charge is 0.457 e. The van der Waals surface area contributed by atoms with Gasteiger partial charge in [0.25, 0.3) is 0 Å². The van der Waals surface area contributed by atoms with Crippen molar-refractivity contribution in [2.75, 3.05) is 36.6 Å². The second-order valence-corrected chi connectivity index (χ2v) is 11.9. The number of pyridine rings is 1. The molecule has 0 spiro atoms.